The lowest BCUT2D eigenvalue weighted by Gasteiger charge is -2.15. The van der Waals surface area contributed by atoms with Gasteiger partial charge in [-0.1, -0.05) is 34.1 Å². The van der Waals surface area contributed by atoms with Crippen molar-refractivity contribution in [3.63, 3.8) is 0 Å². The van der Waals surface area contributed by atoms with Gasteiger partial charge in [-0.05, 0) is 42.3 Å². The maximum Gasteiger partial charge on any atom is 0.111 e. The monoisotopic (exact) mass is 343 g/mol. The van der Waals surface area contributed by atoms with E-state index in [4.69, 9.17) is 10.7 Å². The van der Waals surface area contributed by atoms with E-state index < -0.39 is 0 Å². The molecule has 21 heavy (non-hydrogen) atoms. The summed E-state index contributed by atoms with van der Waals surface area (Å²) in [5.41, 5.74) is 10.9. The van der Waals surface area contributed by atoms with Crippen LogP contribution in [0.25, 0.3) is 11.0 Å². The Balaban J connectivity index is 1.92. The highest BCUT2D eigenvalue weighted by Crippen LogP contribution is 2.24. The molecule has 0 aliphatic rings. The summed E-state index contributed by atoms with van der Waals surface area (Å²) in [6.07, 6.45) is 0.730. The molecule has 2 aromatic carbocycles. The topological polar surface area (TPSA) is 43.8 Å². The number of benzene rings is 2. The van der Waals surface area contributed by atoms with Gasteiger partial charge in [-0.2, -0.15) is 0 Å². The minimum Gasteiger partial charge on any atom is -0.331 e. The van der Waals surface area contributed by atoms with E-state index in [1.54, 1.807) is 0 Å². The van der Waals surface area contributed by atoms with Crippen LogP contribution in [0.4, 0.5) is 0 Å². The van der Waals surface area contributed by atoms with E-state index in [0.717, 1.165) is 27.8 Å². The summed E-state index contributed by atoms with van der Waals surface area (Å²) in [6, 6.07) is 14.4. The molecule has 4 heteroatoms. The third-order valence-electron chi connectivity index (χ3n) is 3.91. The van der Waals surface area contributed by atoms with Crippen LogP contribution in [0.3, 0.4) is 0 Å². The van der Waals surface area contributed by atoms with Gasteiger partial charge in [-0.3, -0.25) is 0 Å². The van der Waals surface area contributed by atoms with Gasteiger partial charge in [-0.25, -0.2) is 4.98 Å². The first kappa shape index (κ1) is 14.3. The maximum absolute atomic E-state index is 6.40. The van der Waals surface area contributed by atoms with E-state index in [2.05, 4.69) is 45.6 Å². The van der Waals surface area contributed by atoms with E-state index in [1.807, 2.05) is 31.3 Å². The molecule has 0 bridgehead atoms. The number of aryl methyl sites for hydroxylation is 2. The van der Waals surface area contributed by atoms with Crippen molar-refractivity contribution in [2.24, 2.45) is 12.8 Å². The molecule has 0 spiro atoms. The number of para-hydroxylation sites is 2. The molecule has 1 heterocycles. The highest BCUT2D eigenvalue weighted by molar-refractivity contribution is 9.10. The number of fused-ring (bicyclic) bond motifs is 1. The molecule has 0 amide bonds. The zero-order valence-electron chi connectivity index (χ0n) is 12.2. The Bertz CT molecular complexity index is 792. The van der Waals surface area contributed by atoms with E-state index in [1.165, 1.54) is 11.1 Å². The number of nitrogens with zero attached hydrogens (tertiary/aromatic N) is 2. The van der Waals surface area contributed by atoms with Crippen LogP contribution in [0.5, 0.6) is 0 Å². The second-order valence-corrected chi connectivity index (χ2v) is 6.30. The third-order valence-corrected chi connectivity index (χ3v) is 4.41. The molecule has 0 saturated carbocycles. The van der Waals surface area contributed by atoms with Crippen molar-refractivity contribution >= 4 is 27.0 Å². The third kappa shape index (κ3) is 2.74. The first-order valence-corrected chi connectivity index (χ1v) is 7.77. The van der Waals surface area contributed by atoms with Gasteiger partial charge in [-0.15, -0.1) is 0 Å². The first-order chi connectivity index (χ1) is 10.1. The number of imidazole rings is 1. The molecule has 1 aromatic heterocycles. The van der Waals surface area contributed by atoms with Crippen LogP contribution in [0.1, 0.15) is 23.0 Å². The summed E-state index contributed by atoms with van der Waals surface area (Å²) in [4.78, 5) is 4.70. The lowest BCUT2D eigenvalue weighted by molar-refractivity contribution is 0.662. The summed E-state index contributed by atoms with van der Waals surface area (Å²) in [6.45, 7) is 2.09. The number of halogens is 1. The first-order valence-electron chi connectivity index (χ1n) is 6.98. The number of nitrogens with two attached hydrogens (primary N) is 1. The summed E-state index contributed by atoms with van der Waals surface area (Å²) in [5.74, 6) is 1.02. The molecule has 3 aromatic rings. The molecular formula is C17H18BrN3. The van der Waals surface area contributed by atoms with Crippen LogP contribution >= 0.6 is 15.9 Å². The Morgan fingerprint density at radius 3 is 2.71 bits per heavy atom. The Hall–Kier alpha value is -1.65. The summed E-state index contributed by atoms with van der Waals surface area (Å²) < 4.78 is 3.21. The molecule has 2 N–H and O–H groups in total. The second kappa shape index (κ2) is 5.62. The average molecular weight is 344 g/mol. The van der Waals surface area contributed by atoms with Crippen LogP contribution in [0.2, 0.25) is 0 Å². The predicted molar refractivity (Wildman–Crippen MR) is 90.2 cm³/mol. The zero-order valence-corrected chi connectivity index (χ0v) is 13.8. The second-order valence-electron chi connectivity index (χ2n) is 5.39. The van der Waals surface area contributed by atoms with Gasteiger partial charge in [0.25, 0.3) is 0 Å². The SMILES string of the molecule is Cc1cc(Br)ccc1C(N)Cc1nc2ccccc2n1C. The van der Waals surface area contributed by atoms with E-state index >= 15 is 0 Å². The van der Waals surface area contributed by atoms with Crippen molar-refractivity contribution in [2.45, 2.75) is 19.4 Å². The van der Waals surface area contributed by atoms with Crippen LogP contribution in [0.15, 0.2) is 46.9 Å². The fraction of sp³-hybridized carbons (Fsp3) is 0.235. The summed E-state index contributed by atoms with van der Waals surface area (Å²) in [7, 11) is 2.05. The number of aromatic nitrogens is 2. The molecule has 0 aliphatic heterocycles. The van der Waals surface area contributed by atoms with Gasteiger partial charge >= 0.3 is 0 Å². The molecule has 3 nitrogen and oxygen atoms in total. The normalized spacial score (nSPS) is 12.8. The zero-order chi connectivity index (χ0) is 15.0. The van der Waals surface area contributed by atoms with Crippen molar-refractivity contribution in [2.75, 3.05) is 0 Å². The molecule has 1 atom stereocenters. The lowest BCUT2D eigenvalue weighted by Crippen LogP contribution is -2.17. The minimum absolute atomic E-state index is 0.0476. The Morgan fingerprint density at radius 2 is 2.00 bits per heavy atom. The van der Waals surface area contributed by atoms with Gasteiger partial charge < -0.3 is 10.3 Å². The minimum atomic E-state index is -0.0476. The number of hydrogen-bond acceptors (Lipinski definition) is 2. The number of hydrogen-bond donors (Lipinski definition) is 1. The molecule has 0 radical (unpaired) electrons. The fourth-order valence-corrected chi connectivity index (χ4v) is 3.22. The largest absolute Gasteiger partial charge is 0.331 e. The molecular weight excluding hydrogens is 326 g/mol. The van der Waals surface area contributed by atoms with E-state index in [-0.39, 0.29) is 6.04 Å². The maximum atomic E-state index is 6.40. The molecule has 108 valence electrons. The van der Waals surface area contributed by atoms with Crippen molar-refractivity contribution in [1.29, 1.82) is 0 Å². The van der Waals surface area contributed by atoms with Crippen LogP contribution in [0, 0.1) is 6.92 Å². The van der Waals surface area contributed by atoms with E-state index in [0.29, 0.717) is 0 Å². The molecule has 0 aliphatic carbocycles. The van der Waals surface area contributed by atoms with Gasteiger partial charge in [0, 0.05) is 24.0 Å². The van der Waals surface area contributed by atoms with Gasteiger partial charge in [0.1, 0.15) is 5.82 Å². The highest BCUT2D eigenvalue weighted by Gasteiger charge is 2.14. The predicted octanol–water partition coefficient (Wildman–Crippen LogP) is 3.89. The lowest BCUT2D eigenvalue weighted by atomic mass is 9.99. The highest BCUT2D eigenvalue weighted by atomic mass is 79.9. The van der Waals surface area contributed by atoms with E-state index in [9.17, 15) is 0 Å². The van der Waals surface area contributed by atoms with Gasteiger partial charge in [0.15, 0.2) is 0 Å². The van der Waals surface area contributed by atoms with Crippen LogP contribution in [-0.2, 0) is 13.5 Å². The fourth-order valence-electron chi connectivity index (χ4n) is 2.74. The summed E-state index contributed by atoms with van der Waals surface area (Å²) >= 11 is 3.49. The van der Waals surface area contributed by atoms with Gasteiger partial charge in [0.05, 0.1) is 11.0 Å². The average Bonchev–Trinajstić information content (AvgIpc) is 2.76. The molecule has 0 fully saturated rings. The standard InChI is InChI=1S/C17H18BrN3/c1-11-9-12(18)7-8-13(11)14(19)10-17-20-15-5-3-4-6-16(15)21(17)2/h3-9,14H,10,19H2,1-2H3. The van der Waals surface area contributed by atoms with Crippen LogP contribution < -0.4 is 5.73 Å². The summed E-state index contributed by atoms with van der Waals surface area (Å²) in [5, 5.41) is 0. The quantitative estimate of drug-likeness (QED) is 0.783. The molecule has 3 rings (SSSR count). The smallest absolute Gasteiger partial charge is 0.111 e. The molecule has 1 unspecified atom stereocenters. The van der Waals surface area contributed by atoms with Crippen molar-refractivity contribution in [1.82, 2.24) is 9.55 Å². The van der Waals surface area contributed by atoms with Crippen molar-refractivity contribution in [3.05, 3.63) is 63.9 Å². The Labute approximate surface area is 132 Å². The van der Waals surface area contributed by atoms with Crippen LogP contribution in [-0.4, -0.2) is 9.55 Å². The Kier molecular flexibility index (Phi) is 3.83. The van der Waals surface area contributed by atoms with Gasteiger partial charge in [0.2, 0.25) is 0 Å². The van der Waals surface area contributed by atoms with Crippen molar-refractivity contribution in [3.8, 4) is 0 Å². The Morgan fingerprint density at radius 1 is 1.24 bits per heavy atom. The number of rotatable bonds is 3. The molecule has 0 saturated heterocycles. The van der Waals surface area contributed by atoms with Crippen molar-refractivity contribution < 1.29 is 0 Å².